The highest BCUT2D eigenvalue weighted by Gasteiger charge is 1.90. The first-order valence-electron chi connectivity index (χ1n) is 1.81. The molecule has 0 unspecified atom stereocenters. The van der Waals surface area contributed by atoms with Crippen LogP contribution in [0.5, 0.6) is 0 Å². The lowest BCUT2D eigenvalue weighted by molar-refractivity contribution is 2.27. The van der Waals surface area contributed by atoms with E-state index in [1.807, 2.05) is 0 Å². The lowest BCUT2D eigenvalue weighted by atomic mass is 10.7. The van der Waals surface area contributed by atoms with Crippen LogP contribution in [-0.4, -0.2) is 0 Å². The Kier molecular flexibility index (Phi) is 9.54. The van der Waals surface area contributed by atoms with E-state index in [0.29, 0.717) is 0 Å². The van der Waals surface area contributed by atoms with Gasteiger partial charge in [-0.05, 0) is 60.7 Å². The monoisotopic (exact) mass is 402 g/mol. The molecule has 50 valence electrons. The highest BCUT2D eigenvalue weighted by Crippen LogP contribution is 2.64. The third kappa shape index (κ3) is 9.83. The van der Waals surface area contributed by atoms with Gasteiger partial charge in [-0.2, -0.15) is 0 Å². The fraction of sp³-hybridized carbons (Fsp3) is 0. The molecule has 0 aliphatic heterocycles. The van der Waals surface area contributed by atoms with E-state index >= 15 is 0 Å². The zero-order valence-electron chi connectivity index (χ0n) is 4.14. The van der Waals surface area contributed by atoms with Crippen LogP contribution in [0.2, 0.25) is 0 Å². The molecular formula is C4H2ClI2PS. The molecule has 0 bridgehead atoms. The largest absolute Gasteiger partial charge is 0.0965 e. The highest BCUT2D eigenvalue weighted by atomic mass is 127. The second-order valence-corrected chi connectivity index (χ2v) is 18.8. The molecular weight excluding hydrogens is 400 g/mol. The van der Waals surface area contributed by atoms with Gasteiger partial charge in [-0.1, -0.05) is 17.5 Å². The molecule has 0 amide bonds. The van der Waals surface area contributed by atoms with E-state index in [9.17, 15) is 0 Å². The van der Waals surface area contributed by atoms with Gasteiger partial charge in [-0.3, -0.25) is 0 Å². The van der Waals surface area contributed by atoms with Crippen molar-refractivity contribution in [2.45, 2.75) is 0 Å². The van der Waals surface area contributed by atoms with Crippen LogP contribution in [0.4, 0.5) is 0 Å². The Morgan fingerprint density at radius 1 is 1.56 bits per heavy atom. The van der Waals surface area contributed by atoms with Crippen molar-refractivity contribution in [1.29, 1.82) is 0 Å². The van der Waals surface area contributed by atoms with Crippen molar-refractivity contribution in [2.75, 3.05) is 0 Å². The summed E-state index contributed by atoms with van der Waals surface area (Å²) in [5.74, 6) is 2.77. The van der Waals surface area contributed by atoms with Crippen molar-refractivity contribution in [3.8, 4) is 11.2 Å². The summed E-state index contributed by atoms with van der Waals surface area (Å²) in [4.78, 5) is 0. The molecule has 0 atom stereocenters. The van der Waals surface area contributed by atoms with Gasteiger partial charge in [0, 0.05) is 11.6 Å². The van der Waals surface area contributed by atoms with Crippen LogP contribution >= 0.6 is 69.5 Å². The number of rotatable bonds is 1. The van der Waals surface area contributed by atoms with E-state index in [-0.39, 0.29) is 2.41 Å². The Hall–Kier alpha value is 1.83. The minimum Gasteiger partial charge on any atom is -0.0923 e. The molecule has 0 spiro atoms. The van der Waals surface area contributed by atoms with Gasteiger partial charge in [0.05, 0.1) is 2.41 Å². The summed E-state index contributed by atoms with van der Waals surface area (Å²) in [7, 11) is 0. The summed E-state index contributed by atoms with van der Waals surface area (Å²) in [6.45, 7) is 0. The molecule has 0 aromatic carbocycles. The number of halogens is 3. The summed E-state index contributed by atoms with van der Waals surface area (Å²) in [6.07, 6.45) is 1.63. The Morgan fingerprint density at radius 2 is 2.22 bits per heavy atom. The van der Waals surface area contributed by atoms with Gasteiger partial charge < -0.3 is 0 Å². The fourth-order valence-electron chi connectivity index (χ4n) is 0.126. The molecule has 0 fully saturated rings. The first-order chi connectivity index (χ1) is 4.27. The Morgan fingerprint density at radius 3 is 2.67 bits per heavy atom. The predicted molar refractivity (Wildman–Crippen MR) is 65.3 cm³/mol. The Bertz CT molecular complexity index is 148. The highest BCUT2D eigenvalue weighted by molar-refractivity contribution is 14.3. The predicted octanol–water partition coefficient (Wildman–Crippen LogP) is 4.53. The maximum absolute atomic E-state index is 5.23. The van der Waals surface area contributed by atoms with E-state index < -0.39 is 0 Å². The molecule has 0 N–H and O–H groups in total. The molecule has 0 nitrogen and oxygen atoms in total. The zero-order valence-corrected chi connectivity index (χ0v) is 10.9. The lowest BCUT2D eigenvalue weighted by Gasteiger charge is -1.85. The Balaban J connectivity index is 3.38. The van der Waals surface area contributed by atoms with E-state index in [0.717, 1.165) is 0 Å². The van der Waals surface area contributed by atoms with Gasteiger partial charge >= 0.3 is 0 Å². The van der Waals surface area contributed by atoms with E-state index in [1.54, 1.807) is 17.5 Å². The molecule has 0 aromatic heterocycles. The van der Waals surface area contributed by atoms with Gasteiger partial charge in [-0.15, -0.1) is 0 Å². The van der Waals surface area contributed by atoms with E-state index in [1.165, 1.54) is 5.54 Å². The van der Waals surface area contributed by atoms with Crippen LogP contribution in [0.15, 0.2) is 11.6 Å². The van der Waals surface area contributed by atoms with Crippen molar-refractivity contribution in [1.82, 2.24) is 0 Å². The van der Waals surface area contributed by atoms with Crippen LogP contribution in [0.25, 0.3) is 0 Å². The molecule has 0 aliphatic carbocycles. The maximum Gasteiger partial charge on any atom is 0.0965 e. The van der Waals surface area contributed by atoms with Crippen molar-refractivity contribution in [3.05, 3.63) is 11.6 Å². The van der Waals surface area contributed by atoms with Gasteiger partial charge in [-0.25, -0.2) is 0 Å². The summed E-state index contributed by atoms with van der Waals surface area (Å²) in [6, 6.07) is 0. The average molecular weight is 402 g/mol. The standard InChI is InChI=1S/C4H2ClI2PS/c5-3-1-2-4-9-8(6)7/h1,3H/b3-1-. The first-order valence-corrected chi connectivity index (χ1v) is 10.6. The molecule has 9 heavy (non-hydrogen) atoms. The van der Waals surface area contributed by atoms with Crippen LogP contribution in [0, 0.1) is 11.2 Å². The summed E-state index contributed by atoms with van der Waals surface area (Å²) in [5, 5.41) is 2.89. The molecule has 0 rings (SSSR count). The van der Waals surface area contributed by atoms with E-state index in [2.05, 4.69) is 55.3 Å². The van der Waals surface area contributed by atoms with Crippen molar-refractivity contribution < 1.29 is 0 Å². The third-order valence-corrected chi connectivity index (χ3v) is 5.03. The van der Waals surface area contributed by atoms with Crippen molar-refractivity contribution in [2.24, 2.45) is 0 Å². The summed E-state index contributed by atoms with van der Waals surface area (Å²) in [5.41, 5.74) is 1.41. The van der Waals surface area contributed by atoms with Gasteiger partial charge in [0.25, 0.3) is 0 Å². The van der Waals surface area contributed by atoms with Gasteiger partial charge in [0.1, 0.15) is 0 Å². The van der Waals surface area contributed by atoms with Crippen LogP contribution in [0.1, 0.15) is 0 Å². The second-order valence-electron chi connectivity index (χ2n) is 0.832. The zero-order chi connectivity index (χ0) is 7.11. The van der Waals surface area contributed by atoms with E-state index in [4.69, 9.17) is 11.6 Å². The van der Waals surface area contributed by atoms with Gasteiger partial charge in [0.2, 0.25) is 0 Å². The minimum atomic E-state index is -0.0110. The quantitative estimate of drug-likeness (QED) is 0.353. The summed E-state index contributed by atoms with van der Waals surface area (Å²) >= 11 is 11.6. The molecule has 0 aliphatic rings. The second kappa shape index (κ2) is 7.93. The van der Waals surface area contributed by atoms with Crippen molar-refractivity contribution in [3.63, 3.8) is 0 Å². The molecule has 0 heterocycles. The maximum atomic E-state index is 5.23. The SMILES string of the molecule is Cl/C=C\C#CSP(I)I. The number of hydrogen-bond acceptors (Lipinski definition) is 1. The average Bonchev–Trinajstić information content (AvgIpc) is 1.80. The van der Waals surface area contributed by atoms with Crippen LogP contribution < -0.4 is 0 Å². The molecule has 5 heteroatoms. The molecule has 0 aromatic rings. The number of allylic oxidation sites excluding steroid dienone is 1. The first kappa shape index (κ1) is 10.8. The smallest absolute Gasteiger partial charge is 0.0923 e. The van der Waals surface area contributed by atoms with Crippen LogP contribution in [-0.2, 0) is 0 Å². The number of hydrogen-bond donors (Lipinski definition) is 0. The fourth-order valence-corrected chi connectivity index (χ4v) is 2.52. The minimum absolute atomic E-state index is 0.0110. The summed E-state index contributed by atoms with van der Waals surface area (Å²) < 4.78 is -0.0110. The molecule has 0 saturated carbocycles. The topological polar surface area (TPSA) is 0 Å². The van der Waals surface area contributed by atoms with Crippen LogP contribution in [0.3, 0.4) is 0 Å². The Labute approximate surface area is 91.0 Å². The molecule has 0 saturated heterocycles. The third-order valence-electron chi connectivity index (χ3n) is 0.320. The normalized spacial score (nSPS) is 9.78. The lowest BCUT2D eigenvalue weighted by Crippen LogP contribution is -1.41. The van der Waals surface area contributed by atoms with Crippen molar-refractivity contribution >= 4 is 69.5 Å². The molecule has 0 radical (unpaired) electrons. The van der Waals surface area contributed by atoms with Gasteiger partial charge in [0.15, 0.2) is 0 Å².